The topological polar surface area (TPSA) is 86.5 Å². The van der Waals surface area contributed by atoms with Gasteiger partial charge in [0.15, 0.2) is 0 Å². The molecular formula is C7H7NNaO5S. The first-order valence-corrected chi connectivity index (χ1v) is 4.93. The van der Waals surface area contributed by atoms with Crippen LogP contribution in [0.15, 0.2) is 29.2 Å². The number of non-ortho nitro benzene ring substituents is 1. The second kappa shape index (κ2) is 5.57. The predicted octanol–water partition coefficient (Wildman–Crippen LogP) is 0.549. The summed E-state index contributed by atoms with van der Waals surface area (Å²) < 4.78 is 26.4. The minimum Gasteiger partial charge on any atom is -0.270 e. The van der Waals surface area contributed by atoms with E-state index in [4.69, 9.17) is 0 Å². The fourth-order valence-corrected chi connectivity index (χ4v) is 1.49. The van der Waals surface area contributed by atoms with Gasteiger partial charge in [0.2, 0.25) is 0 Å². The van der Waals surface area contributed by atoms with Crippen molar-refractivity contribution in [3.05, 3.63) is 34.4 Å². The molecular weight excluding hydrogens is 233 g/mol. The van der Waals surface area contributed by atoms with Gasteiger partial charge in [-0.25, -0.2) is 0 Å². The SMILES string of the molecule is COS(=O)(=O)c1ccc([N+](=O)[O-])cc1.[Na]. The maximum atomic E-state index is 11.1. The molecule has 0 aliphatic heterocycles. The number of nitro groups is 1. The maximum Gasteiger partial charge on any atom is 0.296 e. The van der Waals surface area contributed by atoms with Gasteiger partial charge in [-0.15, -0.1) is 0 Å². The Balaban J connectivity index is 0.00000196. The van der Waals surface area contributed by atoms with Crippen LogP contribution in [0.25, 0.3) is 0 Å². The molecule has 0 spiro atoms. The van der Waals surface area contributed by atoms with Crippen LogP contribution in [0.4, 0.5) is 5.69 Å². The normalized spacial score (nSPS) is 10.5. The van der Waals surface area contributed by atoms with Gasteiger partial charge in [-0.2, -0.15) is 8.42 Å². The molecule has 0 heterocycles. The van der Waals surface area contributed by atoms with E-state index in [0.29, 0.717) is 0 Å². The van der Waals surface area contributed by atoms with Crippen LogP contribution in [0.3, 0.4) is 0 Å². The zero-order valence-electron chi connectivity index (χ0n) is 8.21. The molecule has 0 aromatic heterocycles. The third-order valence-electron chi connectivity index (χ3n) is 1.56. The van der Waals surface area contributed by atoms with Crippen molar-refractivity contribution in [3.8, 4) is 0 Å². The van der Waals surface area contributed by atoms with E-state index in [-0.39, 0.29) is 40.1 Å². The van der Waals surface area contributed by atoms with Crippen molar-refractivity contribution < 1.29 is 17.5 Å². The van der Waals surface area contributed by atoms with E-state index in [1.807, 2.05) is 0 Å². The Labute approximate surface area is 109 Å². The molecule has 0 aliphatic carbocycles. The third kappa shape index (κ3) is 3.54. The fourth-order valence-electron chi connectivity index (χ4n) is 0.831. The average molecular weight is 240 g/mol. The van der Waals surface area contributed by atoms with E-state index >= 15 is 0 Å². The number of benzene rings is 1. The molecule has 0 atom stereocenters. The van der Waals surface area contributed by atoms with Gasteiger partial charge in [0, 0.05) is 41.7 Å². The van der Waals surface area contributed by atoms with Gasteiger partial charge >= 0.3 is 0 Å². The Morgan fingerprint density at radius 2 is 1.73 bits per heavy atom. The fraction of sp³-hybridized carbons (Fsp3) is 0.143. The molecule has 0 saturated carbocycles. The Morgan fingerprint density at radius 3 is 2.07 bits per heavy atom. The number of hydrogen-bond donors (Lipinski definition) is 0. The van der Waals surface area contributed by atoms with Gasteiger partial charge in [-0.3, -0.25) is 14.3 Å². The molecule has 1 rings (SSSR count). The summed E-state index contributed by atoms with van der Waals surface area (Å²) >= 11 is 0. The van der Waals surface area contributed by atoms with Gasteiger partial charge in [-0.05, 0) is 12.1 Å². The number of nitrogens with zero attached hydrogens (tertiary/aromatic N) is 1. The average Bonchev–Trinajstić information content (AvgIpc) is 2.18. The summed E-state index contributed by atoms with van der Waals surface area (Å²) in [5.74, 6) is 0. The Morgan fingerprint density at radius 1 is 1.27 bits per heavy atom. The van der Waals surface area contributed by atoms with Gasteiger partial charge in [0.1, 0.15) is 0 Å². The van der Waals surface area contributed by atoms with Gasteiger partial charge in [0.05, 0.1) is 16.9 Å². The number of nitro benzene ring substituents is 1. The second-order valence-electron chi connectivity index (χ2n) is 2.37. The second-order valence-corrected chi connectivity index (χ2v) is 4.08. The first-order valence-electron chi connectivity index (χ1n) is 3.52. The molecule has 0 amide bonds. The van der Waals surface area contributed by atoms with Crippen LogP contribution < -0.4 is 0 Å². The first-order chi connectivity index (χ1) is 6.47. The Hall–Kier alpha value is -0.470. The molecule has 0 aliphatic rings. The van der Waals surface area contributed by atoms with Crippen LogP contribution in [-0.4, -0.2) is 50.0 Å². The quantitative estimate of drug-likeness (QED) is 0.333. The summed E-state index contributed by atoms with van der Waals surface area (Å²) in [6.45, 7) is 0. The minimum absolute atomic E-state index is 0. The number of hydrogen-bond acceptors (Lipinski definition) is 5. The van der Waals surface area contributed by atoms with Gasteiger partial charge in [-0.1, -0.05) is 0 Å². The van der Waals surface area contributed by atoms with Crippen molar-refractivity contribution in [1.82, 2.24) is 0 Å². The van der Waals surface area contributed by atoms with Crippen LogP contribution in [0.1, 0.15) is 0 Å². The molecule has 6 nitrogen and oxygen atoms in total. The molecule has 0 bridgehead atoms. The molecule has 0 saturated heterocycles. The molecule has 0 fully saturated rings. The standard InChI is InChI=1S/C7H7NO5S.Na/c1-13-14(11,12)7-4-2-6(3-5-7)8(9)10;/h2-5H,1H3;. The number of rotatable bonds is 3. The van der Waals surface area contributed by atoms with Crippen molar-refractivity contribution >= 4 is 45.4 Å². The summed E-state index contributed by atoms with van der Waals surface area (Å²) in [6.07, 6.45) is 0. The third-order valence-corrected chi connectivity index (χ3v) is 2.84. The molecule has 0 unspecified atom stereocenters. The molecule has 15 heavy (non-hydrogen) atoms. The Bertz CT molecular complexity index is 441. The molecule has 1 aromatic carbocycles. The van der Waals surface area contributed by atoms with E-state index < -0.39 is 15.0 Å². The van der Waals surface area contributed by atoms with Crippen molar-refractivity contribution in [1.29, 1.82) is 0 Å². The summed E-state index contributed by atoms with van der Waals surface area (Å²) in [4.78, 5) is 9.54. The molecule has 77 valence electrons. The summed E-state index contributed by atoms with van der Waals surface area (Å²) in [5, 5.41) is 10.3. The summed E-state index contributed by atoms with van der Waals surface area (Å²) in [5.41, 5.74) is -0.167. The minimum atomic E-state index is -3.76. The summed E-state index contributed by atoms with van der Waals surface area (Å²) in [7, 11) is -2.74. The van der Waals surface area contributed by atoms with Crippen LogP contribution in [0.2, 0.25) is 0 Å². The van der Waals surface area contributed by atoms with Crippen molar-refractivity contribution in [2.24, 2.45) is 0 Å². The van der Waals surface area contributed by atoms with Crippen LogP contribution in [0, 0.1) is 10.1 Å². The monoisotopic (exact) mass is 240 g/mol. The van der Waals surface area contributed by atoms with E-state index in [2.05, 4.69) is 4.18 Å². The smallest absolute Gasteiger partial charge is 0.270 e. The van der Waals surface area contributed by atoms with E-state index in [1.165, 1.54) is 0 Å². The Kier molecular flexibility index (Phi) is 5.39. The van der Waals surface area contributed by atoms with Crippen molar-refractivity contribution in [3.63, 3.8) is 0 Å². The molecule has 1 aromatic rings. The van der Waals surface area contributed by atoms with Crippen LogP contribution >= 0.6 is 0 Å². The van der Waals surface area contributed by atoms with Crippen molar-refractivity contribution in [2.45, 2.75) is 4.90 Å². The van der Waals surface area contributed by atoms with Crippen molar-refractivity contribution in [2.75, 3.05) is 7.11 Å². The van der Waals surface area contributed by atoms with E-state index in [9.17, 15) is 18.5 Å². The maximum absolute atomic E-state index is 11.1. The van der Waals surface area contributed by atoms with Crippen LogP contribution in [0.5, 0.6) is 0 Å². The zero-order chi connectivity index (χ0) is 10.8. The predicted molar refractivity (Wildman–Crippen MR) is 53.0 cm³/mol. The van der Waals surface area contributed by atoms with Crippen LogP contribution in [-0.2, 0) is 14.3 Å². The summed E-state index contributed by atoms with van der Waals surface area (Å²) in [6, 6.07) is 4.45. The molecule has 1 radical (unpaired) electrons. The first kappa shape index (κ1) is 14.5. The largest absolute Gasteiger partial charge is 0.296 e. The van der Waals surface area contributed by atoms with E-state index in [0.717, 1.165) is 31.4 Å². The van der Waals surface area contributed by atoms with E-state index in [1.54, 1.807) is 0 Å². The molecule has 8 heteroatoms. The molecule has 0 N–H and O–H groups in total. The van der Waals surface area contributed by atoms with Gasteiger partial charge in [0.25, 0.3) is 15.8 Å². The zero-order valence-corrected chi connectivity index (χ0v) is 11.0. The van der Waals surface area contributed by atoms with Gasteiger partial charge < -0.3 is 0 Å².